The predicted molar refractivity (Wildman–Crippen MR) is 106 cm³/mol. The molecule has 0 fully saturated rings. The third kappa shape index (κ3) is 4.63. The van der Waals surface area contributed by atoms with Crippen LogP contribution in [-0.4, -0.2) is 24.6 Å². The molecule has 1 aromatic heterocycles. The molecule has 152 valence electrons. The highest BCUT2D eigenvalue weighted by atomic mass is 19.1. The van der Waals surface area contributed by atoms with E-state index in [1.54, 1.807) is 31.2 Å². The molecule has 1 N–H and O–H groups in total. The maximum absolute atomic E-state index is 13.6. The van der Waals surface area contributed by atoms with Gasteiger partial charge in [-0.1, -0.05) is 24.3 Å². The third-order valence-corrected chi connectivity index (χ3v) is 4.43. The van der Waals surface area contributed by atoms with Crippen LogP contribution < -0.4 is 5.32 Å². The summed E-state index contributed by atoms with van der Waals surface area (Å²) < 4.78 is 30.0. The molecule has 0 spiro atoms. The van der Waals surface area contributed by atoms with Crippen LogP contribution in [0.4, 0.5) is 10.1 Å². The van der Waals surface area contributed by atoms with Gasteiger partial charge in [0.15, 0.2) is 6.10 Å². The van der Waals surface area contributed by atoms with Gasteiger partial charge in [-0.2, -0.15) is 0 Å². The molecule has 1 atom stereocenters. The number of anilines is 1. The average molecular weight is 399 g/mol. The summed E-state index contributed by atoms with van der Waals surface area (Å²) in [6, 6.07) is 11.5. The van der Waals surface area contributed by atoms with Crippen LogP contribution in [0.15, 0.2) is 46.9 Å². The van der Waals surface area contributed by atoms with Gasteiger partial charge < -0.3 is 19.2 Å². The molecule has 0 aliphatic carbocycles. The minimum Gasteiger partial charge on any atom is -0.449 e. The number of halogens is 1. The van der Waals surface area contributed by atoms with E-state index in [0.717, 1.165) is 5.39 Å². The van der Waals surface area contributed by atoms with E-state index in [1.165, 1.54) is 13.0 Å². The van der Waals surface area contributed by atoms with Gasteiger partial charge in [0, 0.05) is 23.2 Å². The molecular weight excluding hydrogens is 377 g/mol. The predicted octanol–water partition coefficient (Wildman–Crippen LogP) is 4.60. The first-order valence-electron chi connectivity index (χ1n) is 9.26. The first-order valence-corrected chi connectivity index (χ1v) is 9.26. The van der Waals surface area contributed by atoms with E-state index in [0.29, 0.717) is 23.3 Å². The Kier molecular flexibility index (Phi) is 6.29. The number of esters is 1. The van der Waals surface area contributed by atoms with Gasteiger partial charge in [0.05, 0.1) is 6.61 Å². The number of rotatable bonds is 7. The Bertz CT molecular complexity index is 1040. The second-order valence-corrected chi connectivity index (χ2v) is 6.54. The number of ether oxygens (including phenoxy) is 2. The van der Waals surface area contributed by atoms with Crippen LogP contribution in [0.5, 0.6) is 0 Å². The fourth-order valence-electron chi connectivity index (χ4n) is 2.79. The number of carbonyl (C=O) groups is 2. The summed E-state index contributed by atoms with van der Waals surface area (Å²) >= 11 is 0. The van der Waals surface area contributed by atoms with E-state index in [9.17, 15) is 14.0 Å². The largest absolute Gasteiger partial charge is 0.449 e. The zero-order chi connectivity index (χ0) is 21.0. The first-order chi connectivity index (χ1) is 13.9. The quantitative estimate of drug-likeness (QED) is 0.588. The molecular formula is C22H22FNO5. The lowest BCUT2D eigenvalue weighted by molar-refractivity contribution is -0.123. The number of carbonyl (C=O) groups excluding carboxylic acids is 2. The molecule has 0 unspecified atom stereocenters. The SMILES string of the molecule is CCOCc1c(C(=O)O[C@@H](C)C(=O)Nc2ccc(C)c(F)c2)oc2ccccc12. The zero-order valence-corrected chi connectivity index (χ0v) is 16.5. The lowest BCUT2D eigenvalue weighted by Gasteiger charge is -2.13. The standard InChI is InChI=1S/C22H22FNO5/c1-4-27-12-17-16-7-5-6-8-19(16)29-20(17)22(26)28-14(3)21(25)24-15-10-9-13(2)18(23)11-15/h5-11,14H,4,12H2,1-3H3,(H,24,25)/t14-/m0/s1. The van der Waals surface area contributed by atoms with Crippen LogP contribution in [0, 0.1) is 12.7 Å². The Hall–Kier alpha value is -3.19. The van der Waals surface area contributed by atoms with Gasteiger partial charge >= 0.3 is 5.97 Å². The molecule has 0 radical (unpaired) electrons. The van der Waals surface area contributed by atoms with Crippen molar-refractivity contribution in [2.75, 3.05) is 11.9 Å². The van der Waals surface area contributed by atoms with Gasteiger partial charge in [-0.05, 0) is 44.5 Å². The van der Waals surface area contributed by atoms with Crippen LogP contribution in [0.3, 0.4) is 0 Å². The molecule has 1 heterocycles. The number of amides is 1. The van der Waals surface area contributed by atoms with Crippen LogP contribution >= 0.6 is 0 Å². The monoisotopic (exact) mass is 399 g/mol. The highest BCUT2D eigenvalue weighted by Gasteiger charge is 2.26. The van der Waals surface area contributed by atoms with Crippen molar-refractivity contribution in [3.63, 3.8) is 0 Å². The van der Waals surface area contributed by atoms with Crippen LogP contribution in [-0.2, 0) is 20.9 Å². The number of hydrogen-bond acceptors (Lipinski definition) is 5. The number of para-hydroxylation sites is 1. The van der Waals surface area contributed by atoms with Crippen LogP contribution in [0.2, 0.25) is 0 Å². The van der Waals surface area contributed by atoms with Crippen LogP contribution in [0.1, 0.15) is 35.5 Å². The number of hydrogen-bond donors (Lipinski definition) is 1. The summed E-state index contributed by atoms with van der Waals surface area (Å²) in [5.41, 5.74) is 1.85. The van der Waals surface area contributed by atoms with E-state index < -0.39 is 23.8 Å². The van der Waals surface area contributed by atoms with E-state index >= 15 is 0 Å². The smallest absolute Gasteiger partial charge is 0.375 e. The molecule has 29 heavy (non-hydrogen) atoms. The highest BCUT2D eigenvalue weighted by molar-refractivity contribution is 5.99. The van der Waals surface area contributed by atoms with Crippen molar-refractivity contribution >= 4 is 28.5 Å². The normalized spacial score (nSPS) is 12.0. The number of nitrogens with one attached hydrogen (secondary N) is 1. The van der Waals surface area contributed by atoms with Gasteiger partial charge in [-0.25, -0.2) is 9.18 Å². The Morgan fingerprint density at radius 3 is 2.69 bits per heavy atom. The van der Waals surface area contributed by atoms with Gasteiger partial charge in [-0.15, -0.1) is 0 Å². The summed E-state index contributed by atoms with van der Waals surface area (Å²) in [4.78, 5) is 25.0. The van der Waals surface area contributed by atoms with E-state index in [-0.39, 0.29) is 18.1 Å². The Labute approximate surface area is 167 Å². The van der Waals surface area contributed by atoms with Gasteiger partial charge in [-0.3, -0.25) is 4.79 Å². The third-order valence-electron chi connectivity index (χ3n) is 4.43. The molecule has 7 heteroatoms. The van der Waals surface area contributed by atoms with Crippen LogP contribution in [0.25, 0.3) is 11.0 Å². The summed E-state index contributed by atoms with van der Waals surface area (Å²) in [5, 5.41) is 3.28. The fraction of sp³-hybridized carbons (Fsp3) is 0.273. The summed E-state index contributed by atoms with van der Waals surface area (Å²) in [5.74, 6) is -1.78. The summed E-state index contributed by atoms with van der Waals surface area (Å²) in [7, 11) is 0. The molecule has 1 amide bonds. The van der Waals surface area contributed by atoms with Crippen molar-refractivity contribution < 1.29 is 27.9 Å². The minimum atomic E-state index is -1.11. The van der Waals surface area contributed by atoms with Crippen molar-refractivity contribution in [3.05, 3.63) is 65.2 Å². The van der Waals surface area contributed by atoms with E-state index in [2.05, 4.69) is 5.32 Å². The average Bonchev–Trinajstić information content (AvgIpc) is 3.07. The van der Waals surface area contributed by atoms with E-state index in [4.69, 9.17) is 13.9 Å². The Balaban J connectivity index is 1.75. The first kappa shape index (κ1) is 20.5. The number of benzene rings is 2. The number of furan rings is 1. The topological polar surface area (TPSA) is 77.8 Å². The zero-order valence-electron chi connectivity index (χ0n) is 16.5. The molecule has 0 aliphatic heterocycles. The second-order valence-electron chi connectivity index (χ2n) is 6.54. The van der Waals surface area contributed by atoms with Crippen molar-refractivity contribution in [1.82, 2.24) is 0 Å². The molecule has 0 saturated heterocycles. The Morgan fingerprint density at radius 1 is 1.21 bits per heavy atom. The van der Waals surface area contributed by atoms with Crippen molar-refractivity contribution in [3.8, 4) is 0 Å². The molecule has 0 saturated carbocycles. The maximum Gasteiger partial charge on any atom is 0.375 e. The highest BCUT2D eigenvalue weighted by Crippen LogP contribution is 2.27. The van der Waals surface area contributed by atoms with Gasteiger partial charge in [0.2, 0.25) is 5.76 Å². The lowest BCUT2D eigenvalue weighted by atomic mass is 10.1. The maximum atomic E-state index is 13.6. The number of aryl methyl sites for hydroxylation is 1. The van der Waals surface area contributed by atoms with Gasteiger partial charge in [0.25, 0.3) is 5.91 Å². The molecule has 3 rings (SSSR count). The lowest BCUT2D eigenvalue weighted by Crippen LogP contribution is -2.30. The second kappa shape index (κ2) is 8.87. The fourth-order valence-corrected chi connectivity index (χ4v) is 2.79. The van der Waals surface area contributed by atoms with Crippen molar-refractivity contribution in [1.29, 1.82) is 0 Å². The van der Waals surface area contributed by atoms with Crippen molar-refractivity contribution in [2.45, 2.75) is 33.5 Å². The summed E-state index contributed by atoms with van der Waals surface area (Å²) in [6.07, 6.45) is -1.11. The molecule has 3 aromatic rings. The van der Waals surface area contributed by atoms with Crippen molar-refractivity contribution in [2.24, 2.45) is 0 Å². The minimum absolute atomic E-state index is 0.000630. The molecule has 0 bridgehead atoms. The summed E-state index contributed by atoms with van der Waals surface area (Å²) in [6.45, 7) is 5.56. The molecule has 0 aliphatic rings. The Morgan fingerprint density at radius 2 is 1.97 bits per heavy atom. The van der Waals surface area contributed by atoms with E-state index in [1.807, 2.05) is 19.1 Å². The number of fused-ring (bicyclic) bond motifs is 1. The molecule has 2 aromatic carbocycles. The van der Waals surface area contributed by atoms with Gasteiger partial charge in [0.1, 0.15) is 11.4 Å². The molecule has 6 nitrogen and oxygen atoms in total.